The van der Waals surface area contributed by atoms with Crippen LogP contribution in [-0.4, -0.2) is 18.2 Å². The molecule has 20 heavy (non-hydrogen) atoms. The number of nitriles is 1. The molecule has 0 aliphatic carbocycles. The molecule has 4 heteroatoms. The number of ether oxygens (including phenoxy) is 1. The number of nitrogens with one attached hydrogen (secondary N) is 1. The Kier molecular flexibility index (Phi) is 6.47. The second-order valence-electron chi connectivity index (χ2n) is 5.50. The average Bonchev–Trinajstić information content (AvgIpc) is 2.40. The molecular formula is C16H23FN2O. The maximum absolute atomic E-state index is 12.7. The van der Waals surface area contributed by atoms with E-state index in [1.807, 2.05) is 20.8 Å². The van der Waals surface area contributed by atoms with Gasteiger partial charge in [-0.15, -0.1) is 0 Å². The van der Waals surface area contributed by atoms with E-state index in [9.17, 15) is 9.65 Å². The number of unbranched alkanes of at least 4 members (excludes halogenated alkanes) is 1. The molecule has 0 radical (unpaired) electrons. The monoisotopic (exact) mass is 278 g/mol. The van der Waals surface area contributed by atoms with Crippen LogP contribution in [0.15, 0.2) is 24.3 Å². The van der Waals surface area contributed by atoms with Crippen LogP contribution in [0.1, 0.15) is 40.0 Å². The molecule has 0 aliphatic rings. The van der Waals surface area contributed by atoms with Crippen LogP contribution in [0.2, 0.25) is 0 Å². The Bertz CT molecular complexity index is 439. The zero-order valence-corrected chi connectivity index (χ0v) is 12.4. The van der Waals surface area contributed by atoms with Gasteiger partial charge in [-0.3, -0.25) is 5.32 Å². The van der Waals surface area contributed by atoms with Gasteiger partial charge in [-0.25, -0.2) is 4.39 Å². The van der Waals surface area contributed by atoms with Crippen LogP contribution in [0.5, 0.6) is 5.75 Å². The molecule has 0 aliphatic heterocycles. The highest BCUT2D eigenvalue weighted by Gasteiger charge is 2.23. The highest BCUT2D eigenvalue weighted by molar-refractivity contribution is 5.21. The van der Waals surface area contributed by atoms with Crippen LogP contribution in [0, 0.1) is 17.1 Å². The van der Waals surface area contributed by atoms with E-state index in [0.717, 1.165) is 19.3 Å². The molecule has 0 saturated carbocycles. The molecule has 110 valence electrons. The zero-order chi connectivity index (χ0) is 15.0. The highest BCUT2D eigenvalue weighted by Crippen LogP contribution is 2.15. The van der Waals surface area contributed by atoms with Crippen molar-refractivity contribution in [3.8, 4) is 11.8 Å². The third kappa shape index (κ3) is 6.03. The lowest BCUT2D eigenvalue weighted by Crippen LogP contribution is -2.44. The Hall–Kier alpha value is -1.60. The second-order valence-corrected chi connectivity index (χ2v) is 5.50. The second kappa shape index (κ2) is 7.86. The Labute approximate surface area is 120 Å². The summed E-state index contributed by atoms with van der Waals surface area (Å²) in [6.45, 7) is 6.57. The Morgan fingerprint density at radius 3 is 2.50 bits per heavy atom. The third-order valence-electron chi connectivity index (χ3n) is 3.01. The molecule has 1 N–H and O–H groups in total. The predicted octanol–water partition coefficient (Wildman–Crippen LogP) is 3.66. The molecule has 1 unspecified atom stereocenters. The van der Waals surface area contributed by atoms with E-state index in [1.54, 1.807) is 12.1 Å². The van der Waals surface area contributed by atoms with Crippen LogP contribution >= 0.6 is 0 Å². The molecular weight excluding hydrogens is 255 g/mol. The van der Waals surface area contributed by atoms with Crippen molar-refractivity contribution in [3.05, 3.63) is 30.1 Å². The summed E-state index contributed by atoms with van der Waals surface area (Å²) in [5, 5.41) is 12.5. The average molecular weight is 278 g/mol. The van der Waals surface area contributed by atoms with Gasteiger partial charge in [0.2, 0.25) is 0 Å². The van der Waals surface area contributed by atoms with E-state index in [1.165, 1.54) is 12.1 Å². The number of benzene rings is 1. The predicted molar refractivity (Wildman–Crippen MR) is 78.0 cm³/mol. The summed E-state index contributed by atoms with van der Waals surface area (Å²) < 4.78 is 18.2. The van der Waals surface area contributed by atoms with Gasteiger partial charge in [0.25, 0.3) is 0 Å². The molecule has 0 amide bonds. The summed E-state index contributed by atoms with van der Waals surface area (Å²) in [6, 6.07) is 8.63. The SMILES string of the molecule is CC(C)NC(C)(C#N)CCCCOc1ccc(F)cc1. The Morgan fingerprint density at radius 2 is 1.95 bits per heavy atom. The lowest BCUT2D eigenvalue weighted by atomic mass is 9.96. The van der Waals surface area contributed by atoms with Crippen molar-refractivity contribution in [2.45, 2.75) is 51.6 Å². The van der Waals surface area contributed by atoms with Crippen molar-refractivity contribution in [1.82, 2.24) is 5.32 Å². The first-order chi connectivity index (χ1) is 9.45. The number of nitrogens with zero attached hydrogens (tertiary/aromatic N) is 1. The third-order valence-corrected chi connectivity index (χ3v) is 3.01. The fraction of sp³-hybridized carbons (Fsp3) is 0.562. The molecule has 0 aromatic heterocycles. The van der Waals surface area contributed by atoms with Crippen molar-refractivity contribution in [2.75, 3.05) is 6.61 Å². The standard InChI is InChI=1S/C16H23FN2O/c1-13(2)19-16(3,12-18)10-4-5-11-20-15-8-6-14(17)7-9-15/h6-9,13,19H,4-5,10-11H2,1-3H3. The minimum absolute atomic E-state index is 0.262. The lowest BCUT2D eigenvalue weighted by Gasteiger charge is -2.25. The van der Waals surface area contributed by atoms with Crippen molar-refractivity contribution in [2.24, 2.45) is 0 Å². The van der Waals surface area contributed by atoms with E-state index in [0.29, 0.717) is 12.4 Å². The molecule has 1 atom stereocenters. The van der Waals surface area contributed by atoms with Gasteiger partial charge in [0.15, 0.2) is 0 Å². The summed E-state index contributed by atoms with van der Waals surface area (Å²) in [4.78, 5) is 0. The minimum atomic E-state index is -0.482. The van der Waals surface area contributed by atoms with E-state index >= 15 is 0 Å². The highest BCUT2D eigenvalue weighted by atomic mass is 19.1. The maximum atomic E-state index is 12.7. The summed E-state index contributed by atoms with van der Waals surface area (Å²) in [5.74, 6) is 0.414. The van der Waals surface area contributed by atoms with Gasteiger partial charge >= 0.3 is 0 Å². The molecule has 1 aromatic carbocycles. The molecule has 1 aromatic rings. The molecule has 0 saturated heterocycles. The van der Waals surface area contributed by atoms with E-state index in [-0.39, 0.29) is 11.9 Å². The first kappa shape index (κ1) is 16.5. The summed E-state index contributed by atoms with van der Waals surface area (Å²) in [6.07, 6.45) is 2.56. The Morgan fingerprint density at radius 1 is 1.30 bits per heavy atom. The largest absolute Gasteiger partial charge is 0.494 e. The summed E-state index contributed by atoms with van der Waals surface area (Å²) >= 11 is 0. The van der Waals surface area contributed by atoms with Gasteiger partial charge in [0.1, 0.15) is 17.1 Å². The zero-order valence-electron chi connectivity index (χ0n) is 12.4. The number of halogens is 1. The van der Waals surface area contributed by atoms with Gasteiger partial charge in [-0.1, -0.05) is 0 Å². The van der Waals surface area contributed by atoms with Crippen LogP contribution in [0.4, 0.5) is 4.39 Å². The number of hydrogen-bond donors (Lipinski definition) is 1. The first-order valence-electron chi connectivity index (χ1n) is 7.02. The quantitative estimate of drug-likeness (QED) is 0.738. The van der Waals surface area contributed by atoms with Gasteiger partial charge < -0.3 is 4.74 Å². The van der Waals surface area contributed by atoms with Crippen molar-refractivity contribution in [3.63, 3.8) is 0 Å². The molecule has 0 heterocycles. The molecule has 1 rings (SSSR count). The summed E-state index contributed by atoms with van der Waals surface area (Å²) in [7, 11) is 0. The first-order valence-corrected chi connectivity index (χ1v) is 7.02. The molecule has 3 nitrogen and oxygen atoms in total. The number of rotatable bonds is 8. The lowest BCUT2D eigenvalue weighted by molar-refractivity contribution is 0.292. The van der Waals surface area contributed by atoms with Gasteiger partial charge in [-0.2, -0.15) is 5.26 Å². The fourth-order valence-electron chi connectivity index (χ4n) is 2.10. The topological polar surface area (TPSA) is 45.0 Å². The minimum Gasteiger partial charge on any atom is -0.494 e. The van der Waals surface area contributed by atoms with Crippen LogP contribution < -0.4 is 10.1 Å². The Balaban J connectivity index is 2.24. The summed E-state index contributed by atoms with van der Waals surface area (Å²) in [5.41, 5.74) is -0.482. The smallest absolute Gasteiger partial charge is 0.123 e. The molecule has 0 bridgehead atoms. The van der Waals surface area contributed by atoms with Crippen LogP contribution in [0.3, 0.4) is 0 Å². The van der Waals surface area contributed by atoms with Crippen LogP contribution in [-0.2, 0) is 0 Å². The van der Waals surface area contributed by atoms with Gasteiger partial charge in [0.05, 0.1) is 12.7 Å². The van der Waals surface area contributed by atoms with Crippen molar-refractivity contribution in [1.29, 1.82) is 5.26 Å². The maximum Gasteiger partial charge on any atom is 0.123 e. The van der Waals surface area contributed by atoms with Gasteiger partial charge in [-0.05, 0) is 64.3 Å². The van der Waals surface area contributed by atoms with Crippen molar-refractivity contribution >= 4 is 0 Å². The molecule has 0 fully saturated rings. The van der Waals surface area contributed by atoms with E-state index < -0.39 is 5.54 Å². The fourth-order valence-corrected chi connectivity index (χ4v) is 2.10. The van der Waals surface area contributed by atoms with E-state index in [4.69, 9.17) is 4.74 Å². The normalized spacial score (nSPS) is 13.8. The van der Waals surface area contributed by atoms with Crippen molar-refractivity contribution < 1.29 is 9.13 Å². The number of hydrogen-bond acceptors (Lipinski definition) is 3. The molecule has 0 spiro atoms. The van der Waals surface area contributed by atoms with E-state index in [2.05, 4.69) is 11.4 Å². The van der Waals surface area contributed by atoms with Crippen LogP contribution in [0.25, 0.3) is 0 Å². The van der Waals surface area contributed by atoms with Gasteiger partial charge in [0, 0.05) is 6.04 Å².